The van der Waals surface area contributed by atoms with Crippen LogP contribution in [0.1, 0.15) is 23.1 Å². The number of rotatable bonds is 3. The zero-order valence-electron chi connectivity index (χ0n) is 9.81. The van der Waals surface area contributed by atoms with Crippen LogP contribution in [-0.4, -0.2) is 19.3 Å². The number of methoxy groups -OCH3 is 1. The zero-order chi connectivity index (χ0) is 12.3. The van der Waals surface area contributed by atoms with Gasteiger partial charge in [0.05, 0.1) is 13.3 Å². The molecule has 1 aliphatic carbocycles. The summed E-state index contributed by atoms with van der Waals surface area (Å²) in [5.74, 6) is 0.751. The Bertz CT molecular complexity index is 476. The normalized spacial score (nSPS) is 13.7. The average molecular weight is 232 g/mol. The first kappa shape index (κ1) is 11.4. The van der Waals surface area contributed by atoms with Crippen molar-refractivity contribution in [3.8, 4) is 5.75 Å². The van der Waals surface area contributed by atoms with E-state index in [0.717, 1.165) is 24.2 Å². The second-order valence-electron chi connectivity index (χ2n) is 3.99. The molecule has 1 aromatic rings. The van der Waals surface area contributed by atoms with Crippen molar-refractivity contribution in [1.29, 1.82) is 0 Å². The number of hydrogen-bond donors (Lipinski definition) is 2. The number of nitrogens with two attached hydrogens (primary N) is 2. The number of fused-ring (bicyclic) bond motifs is 1. The van der Waals surface area contributed by atoms with Gasteiger partial charge in [-0.3, -0.25) is 0 Å². The number of benzene rings is 1. The number of guanidine groups is 1. The highest BCUT2D eigenvalue weighted by Crippen LogP contribution is 2.28. The van der Waals surface area contributed by atoms with Crippen molar-refractivity contribution in [3.63, 3.8) is 0 Å². The Balaban J connectivity index is 2.32. The van der Waals surface area contributed by atoms with Gasteiger partial charge in [0.25, 0.3) is 0 Å². The van der Waals surface area contributed by atoms with E-state index < -0.39 is 0 Å². The van der Waals surface area contributed by atoms with Gasteiger partial charge in [-0.1, -0.05) is 0 Å². The Kier molecular flexibility index (Phi) is 3.27. The lowest BCUT2D eigenvalue weighted by Gasteiger charge is -2.07. The van der Waals surface area contributed by atoms with Crippen LogP contribution in [0.25, 0.3) is 0 Å². The molecule has 0 aromatic heterocycles. The number of nitrogens with zero attached hydrogens (tertiary/aromatic N) is 2. The van der Waals surface area contributed by atoms with Crippen molar-refractivity contribution in [2.45, 2.75) is 19.3 Å². The number of ether oxygens (including phenoxy) is 1. The molecule has 0 heterocycles. The molecule has 0 bridgehead atoms. The van der Waals surface area contributed by atoms with Gasteiger partial charge in [-0.2, -0.15) is 5.10 Å². The Morgan fingerprint density at radius 1 is 1.29 bits per heavy atom. The fraction of sp³-hybridized carbons (Fsp3) is 0.333. The van der Waals surface area contributed by atoms with Crippen molar-refractivity contribution in [1.82, 2.24) is 0 Å². The summed E-state index contributed by atoms with van der Waals surface area (Å²) in [6.07, 6.45) is 5.05. The van der Waals surface area contributed by atoms with Gasteiger partial charge in [-0.05, 0) is 42.5 Å². The molecule has 0 saturated heterocycles. The fourth-order valence-electron chi connectivity index (χ4n) is 2.06. The van der Waals surface area contributed by atoms with Gasteiger partial charge in [0.1, 0.15) is 5.75 Å². The Morgan fingerprint density at radius 3 is 2.65 bits per heavy atom. The average Bonchev–Trinajstić information content (AvgIpc) is 2.74. The summed E-state index contributed by atoms with van der Waals surface area (Å²) >= 11 is 0. The zero-order valence-corrected chi connectivity index (χ0v) is 9.81. The van der Waals surface area contributed by atoms with Crippen LogP contribution in [0.2, 0.25) is 0 Å². The third kappa shape index (κ3) is 2.55. The summed E-state index contributed by atoms with van der Waals surface area (Å²) in [7, 11) is 1.65. The standard InChI is InChI=1S/C12H16N4O/c1-17-11-6-9-4-2-3-8(9)5-10(11)7-15-16-12(13)14/h5-7H,2-4H2,1H3,(H4,13,14,16). The molecule has 0 aliphatic heterocycles. The van der Waals surface area contributed by atoms with E-state index in [1.165, 1.54) is 17.5 Å². The molecule has 17 heavy (non-hydrogen) atoms. The minimum absolute atomic E-state index is 0.0543. The molecular weight excluding hydrogens is 216 g/mol. The van der Waals surface area contributed by atoms with Crippen LogP contribution < -0.4 is 16.2 Å². The third-order valence-corrected chi connectivity index (χ3v) is 2.81. The van der Waals surface area contributed by atoms with Crippen LogP contribution in [0, 0.1) is 0 Å². The first-order valence-corrected chi connectivity index (χ1v) is 5.52. The van der Waals surface area contributed by atoms with Crippen LogP contribution in [0.3, 0.4) is 0 Å². The predicted octanol–water partition coefficient (Wildman–Crippen LogP) is 0.791. The molecule has 0 spiro atoms. The molecule has 1 aromatic carbocycles. The minimum Gasteiger partial charge on any atom is -0.496 e. The molecule has 90 valence electrons. The van der Waals surface area contributed by atoms with E-state index in [9.17, 15) is 0 Å². The summed E-state index contributed by atoms with van der Waals surface area (Å²) in [6.45, 7) is 0. The maximum Gasteiger partial charge on any atom is 0.211 e. The molecule has 0 atom stereocenters. The molecule has 0 saturated carbocycles. The lowest BCUT2D eigenvalue weighted by Crippen LogP contribution is -2.21. The van der Waals surface area contributed by atoms with Crippen LogP contribution in [0.4, 0.5) is 0 Å². The maximum absolute atomic E-state index is 5.33. The molecule has 4 N–H and O–H groups in total. The Hall–Kier alpha value is -2.04. The molecule has 0 radical (unpaired) electrons. The van der Waals surface area contributed by atoms with E-state index in [-0.39, 0.29) is 5.96 Å². The van der Waals surface area contributed by atoms with E-state index in [1.807, 2.05) is 0 Å². The topological polar surface area (TPSA) is 86.0 Å². The van der Waals surface area contributed by atoms with E-state index >= 15 is 0 Å². The van der Waals surface area contributed by atoms with E-state index in [2.05, 4.69) is 22.3 Å². The lowest BCUT2D eigenvalue weighted by atomic mass is 10.1. The molecule has 0 amide bonds. The quantitative estimate of drug-likeness (QED) is 0.459. The first-order chi connectivity index (χ1) is 8.20. The molecule has 1 aliphatic rings. The van der Waals surface area contributed by atoms with Gasteiger partial charge in [0.2, 0.25) is 5.96 Å². The smallest absolute Gasteiger partial charge is 0.211 e. The molecule has 2 rings (SSSR count). The minimum atomic E-state index is -0.0543. The largest absolute Gasteiger partial charge is 0.496 e. The van der Waals surface area contributed by atoms with Crippen LogP contribution in [-0.2, 0) is 12.8 Å². The van der Waals surface area contributed by atoms with Gasteiger partial charge >= 0.3 is 0 Å². The number of hydrogen-bond acceptors (Lipinski definition) is 3. The van der Waals surface area contributed by atoms with Crippen molar-refractivity contribution in [2.75, 3.05) is 7.11 Å². The molecule has 0 unspecified atom stereocenters. The SMILES string of the molecule is COc1cc2c(cc1C=NN=C(N)N)CCC2. The monoisotopic (exact) mass is 232 g/mol. The van der Waals surface area contributed by atoms with E-state index in [0.29, 0.717) is 0 Å². The van der Waals surface area contributed by atoms with Crippen molar-refractivity contribution < 1.29 is 4.74 Å². The Labute approximate surface area is 100 Å². The summed E-state index contributed by atoms with van der Waals surface area (Å²) in [5.41, 5.74) is 14.0. The Morgan fingerprint density at radius 2 is 2.00 bits per heavy atom. The molecular formula is C12H16N4O. The highest BCUT2D eigenvalue weighted by molar-refractivity contribution is 5.85. The highest BCUT2D eigenvalue weighted by Gasteiger charge is 2.14. The summed E-state index contributed by atoms with van der Waals surface area (Å²) < 4.78 is 5.33. The van der Waals surface area contributed by atoms with E-state index in [4.69, 9.17) is 16.2 Å². The van der Waals surface area contributed by atoms with Crippen molar-refractivity contribution >= 4 is 12.2 Å². The molecule has 0 fully saturated rings. The highest BCUT2D eigenvalue weighted by atomic mass is 16.5. The van der Waals surface area contributed by atoms with Crippen LogP contribution in [0.15, 0.2) is 22.3 Å². The third-order valence-electron chi connectivity index (χ3n) is 2.81. The second kappa shape index (κ2) is 4.86. The van der Waals surface area contributed by atoms with Gasteiger partial charge < -0.3 is 16.2 Å². The van der Waals surface area contributed by atoms with Crippen molar-refractivity contribution in [2.24, 2.45) is 21.7 Å². The van der Waals surface area contributed by atoms with E-state index in [1.54, 1.807) is 13.3 Å². The predicted molar refractivity (Wildman–Crippen MR) is 68.4 cm³/mol. The fourth-order valence-corrected chi connectivity index (χ4v) is 2.06. The summed E-state index contributed by atoms with van der Waals surface area (Å²) in [6, 6.07) is 4.16. The van der Waals surface area contributed by atoms with Gasteiger partial charge in [-0.15, -0.1) is 5.10 Å². The molecule has 5 heteroatoms. The summed E-state index contributed by atoms with van der Waals surface area (Å²) in [5, 5.41) is 7.38. The van der Waals surface area contributed by atoms with Crippen LogP contribution in [0.5, 0.6) is 5.75 Å². The van der Waals surface area contributed by atoms with Crippen molar-refractivity contribution in [3.05, 3.63) is 28.8 Å². The summed E-state index contributed by atoms with van der Waals surface area (Å²) in [4.78, 5) is 0. The molecule has 5 nitrogen and oxygen atoms in total. The van der Waals surface area contributed by atoms with Crippen LogP contribution >= 0.6 is 0 Å². The number of aryl methyl sites for hydroxylation is 2. The van der Waals surface area contributed by atoms with Gasteiger partial charge in [0.15, 0.2) is 0 Å². The lowest BCUT2D eigenvalue weighted by molar-refractivity contribution is 0.413. The first-order valence-electron chi connectivity index (χ1n) is 5.52. The van der Waals surface area contributed by atoms with Gasteiger partial charge in [-0.25, -0.2) is 0 Å². The second-order valence-corrected chi connectivity index (χ2v) is 3.99. The maximum atomic E-state index is 5.33. The van der Waals surface area contributed by atoms with Gasteiger partial charge in [0, 0.05) is 5.56 Å².